The number of aromatic hydroxyl groups is 1. The highest BCUT2D eigenvalue weighted by Crippen LogP contribution is 2.38. The fourth-order valence-electron chi connectivity index (χ4n) is 2.35. The first kappa shape index (κ1) is 17.0. The first-order valence-corrected chi connectivity index (χ1v) is 7.28. The van der Waals surface area contributed by atoms with Crippen LogP contribution in [0.2, 0.25) is 5.02 Å². The number of phenolic OH excluding ortho intramolecular Hbond substituents is 1. The van der Waals surface area contributed by atoms with Crippen molar-refractivity contribution in [3.63, 3.8) is 0 Å². The summed E-state index contributed by atoms with van der Waals surface area (Å²) in [4.78, 5) is 24.0. The monoisotopic (exact) mass is 340 g/mol. The highest BCUT2D eigenvalue weighted by atomic mass is 35.5. The zero-order valence-corrected chi connectivity index (χ0v) is 13.7. The Morgan fingerprint density at radius 2 is 2.13 bits per heavy atom. The number of ether oxygens (including phenoxy) is 2. The van der Waals surface area contributed by atoms with E-state index >= 15 is 0 Å². The van der Waals surface area contributed by atoms with Crippen molar-refractivity contribution in [1.82, 2.24) is 10.6 Å². The summed E-state index contributed by atoms with van der Waals surface area (Å²) in [6, 6.07) is 1.48. The van der Waals surface area contributed by atoms with Gasteiger partial charge in [0.2, 0.25) is 0 Å². The van der Waals surface area contributed by atoms with Gasteiger partial charge in [0.05, 0.1) is 30.4 Å². The number of esters is 1. The Morgan fingerprint density at radius 1 is 1.43 bits per heavy atom. The van der Waals surface area contributed by atoms with Crippen LogP contribution in [0.1, 0.15) is 25.5 Å². The third-order valence-corrected chi connectivity index (χ3v) is 3.70. The van der Waals surface area contributed by atoms with Gasteiger partial charge in [0.15, 0.2) is 11.5 Å². The second-order valence-corrected chi connectivity index (χ2v) is 5.24. The molecule has 1 atom stereocenters. The molecule has 1 unspecified atom stereocenters. The second kappa shape index (κ2) is 6.78. The third kappa shape index (κ3) is 3.34. The number of phenols is 1. The van der Waals surface area contributed by atoms with Crippen molar-refractivity contribution in [2.75, 3.05) is 13.7 Å². The van der Waals surface area contributed by atoms with Crippen LogP contribution < -0.4 is 15.4 Å². The van der Waals surface area contributed by atoms with E-state index in [0.29, 0.717) is 11.3 Å². The molecule has 8 heteroatoms. The van der Waals surface area contributed by atoms with Gasteiger partial charge in [-0.05, 0) is 19.9 Å². The Labute approximate surface area is 138 Å². The molecule has 0 saturated heterocycles. The molecule has 0 aliphatic carbocycles. The van der Waals surface area contributed by atoms with Gasteiger partial charge in [-0.25, -0.2) is 9.59 Å². The number of hydrogen-bond acceptors (Lipinski definition) is 5. The molecule has 1 heterocycles. The molecule has 0 bridgehead atoms. The first-order valence-electron chi connectivity index (χ1n) is 6.90. The molecule has 7 nitrogen and oxygen atoms in total. The van der Waals surface area contributed by atoms with E-state index in [1.807, 2.05) is 0 Å². The van der Waals surface area contributed by atoms with E-state index < -0.39 is 18.0 Å². The van der Waals surface area contributed by atoms with E-state index in [1.54, 1.807) is 13.8 Å². The molecule has 0 radical (unpaired) electrons. The number of nitrogens with one attached hydrogen (secondary N) is 2. The highest BCUT2D eigenvalue weighted by Gasteiger charge is 2.33. The molecule has 0 fully saturated rings. The number of allylic oxidation sites excluding steroid dienone is 1. The van der Waals surface area contributed by atoms with Crippen LogP contribution in [-0.2, 0) is 9.53 Å². The molecule has 0 aromatic heterocycles. The maximum atomic E-state index is 12.2. The molecule has 1 aliphatic heterocycles. The van der Waals surface area contributed by atoms with Crippen molar-refractivity contribution >= 4 is 23.6 Å². The van der Waals surface area contributed by atoms with Crippen LogP contribution in [0.3, 0.4) is 0 Å². The number of amides is 2. The number of carbonyl (C=O) groups is 2. The largest absolute Gasteiger partial charge is 0.504 e. The topological polar surface area (TPSA) is 96.9 Å². The molecule has 1 aliphatic rings. The predicted molar refractivity (Wildman–Crippen MR) is 83.4 cm³/mol. The van der Waals surface area contributed by atoms with Crippen LogP contribution in [0.15, 0.2) is 23.4 Å². The molecule has 23 heavy (non-hydrogen) atoms. The Morgan fingerprint density at radius 3 is 2.74 bits per heavy atom. The molecule has 1 aromatic carbocycles. The molecule has 3 N–H and O–H groups in total. The fourth-order valence-corrected chi connectivity index (χ4v) is 2.62. The van der Waals surface area contributed by atoms with Gasteiger partial charge < -0.3 is 25.2 Å². The zero-order chi connectivity index (χ0) is 17.1. The summed E-state index contributed by atoms with van der Waals surface area (Å²) < 4.78 is 10.1. The van der Waals surface area contributed by atoms with E-state index in [0.717, 1.165) is 0 Å². The van der Waals surface area contributed by atoms with Crippen LogP contribution in [0.5, 0.6) is 11.5 Å². The summed E-state index contributed by atoms with van der Waals surface area (Å²) >= 11 is 6.17. The smallest absolute Gasteiger partial charge is 0.338 e. The summed E-state index contributed by atoms with van der Waals surface area (Å²) in [6.45, 7) is 3.49. The average molecular weight is 341 g/mol. The van der Waals surface area contributed by atoms with Crippen molar-refractivity contribution in [2.45, 2.75) is 19.9 Å². The average Bonchev–Trinajstić information content (AvgIpc) is 2.46. The maximum absolute atomic E-state index is 12.2. The summed E-state index contributed by atoms with van der Waals surface area (Å²) in [5, 5.41) is 15.1. The Hall–Kier alpha value is -2.41. The van der Waals surface area contributed by atoms with Gasteiger partial charge in [0, 0.05) is 17.3 Å². The minimum atomic E-state index is -0.815. The Bertz CT molecular complexity index is 687. The minimum Gasteiger partial charge on any atom is -0.504 e. The summed E-state index contributed by atoms with van der Waals surface area (Å²) in [7, 11) is 1.39. The Balaban J connectivity index is 2.56. The lowest BCUT2D eigenvalue weighted by atomic mass is 9.95. The van der Waals surface area contributed by atoms with Crippen LogP contribution >= 0.6 is 11.6 Å². The van der Waals surface area contributed by atoms with E-state index in [9.17, 15) is 14.7 Å². The number of hydrogen-bond donors (Lipinski definition) is 3. The number of urea groups is 1. The van der Waals surface area contributed by atoms with Gasteiger partial charge in [0.25, 0.3) is 0 Å². The molecule has 0 saturated carbocycles. The number of methoxy groups -OCH3 is 1. The molecular weight excluding hydrogens is 324 g/mol. The van der Waals surface area contributed by atoms with Gasteiger partial charge in [-0.2, -0.15) is 0 Å². The normalized spacial score (nSPS) is 17.4. The summed E-state index contributed by atoms with van der Waals surface area (Å²) in [5.74, 6) is -0.524. The van der Waals surface area contributed by atoms with Crippen LogP contribution in [-0.4, -0.2) is 30.8 Å². The van der Waals surface area contributed by atoms with Gasteiger partial charge in [-0.3, -0.25) is 0 Å². The van der Waals surface area contributed by atoms with Crippen molar-refractivity contribution in [3.05, 3.63) is 34.0 Å². The molecule has 2 amide bonds. The number of rotatable bonds is 4. The molecular formula is C15H17ClN2O5. The first-order chi connectivity index (χ1) is 10.9. The number of carbonyl (C=O) groups excluding carboxylic acids is 2. The summed E-state index contributed by atoms with van der Waals surface area (Å²) in [5.41, 5.74) is 1.03. The van der Waals surface area contributed by atoms with Gasteiger partial charge >= 0.3 is 12.0 Å². The van der Waals surface area contributed by atoms with Gasteiger partial charge in [0.1, 0.15) is 0 Å². The highest BCUT2D eigenvalue weighted by molar-refractivity contribution is 6.31. The molecule has 1 aromatic rings. The van der Waals surface area contributed by atoms with Gasteiger partial charge in [-0.1, -0.05) is 11.6 Å². The predicted octanol–water partition coefficient (Wildman–Crippen LogP) is 2.25. The SMILES string of the molecule is CCOC(=O)C1=C(C)NC(=O)NC1c1cc(OC)c(O)cc1Cl. The summed E-state index contributed by atoms with van der Waals surface area (Å²) in [6.07, 6.45) is 0. The molecule has 124 valence electrons. The quantitative estimate of drug-likeness (QED) is 0.730. The van der Waals surface area contributed by atoms with Gasteiger partial charge in [-0.15, -0.1) is 0 Å². The fraction of sp³-hybridized carbons (Fsp3) is 0.333. The van der Waals surface area contributed by atoms with Crippen LogP contribution in [0.4, 0.5) is 4.79 Å². The second-order valence-electron chi connectivity index (χ2n) is 4.84. The van der Waals surface area contributed by atoms with Crippen molar-refractivity contribution in [2.24, 2.45) is 0 Å². The van der Waals surface area contributed by atoms with E-state index in [2.05, 4.69) is 10.6 Å². The zero-order valence-electron chi connectivity index (χ0n) is 12.9. The number of benzene rings is 1. The third-order valence-electron chi connectivity index (χ3n) is 3.37. The number of halogens is 1. The van der Waals surface area contributed by atoms with Crippen LogP contribution in [0, 0.1) is 0 Å². The minimum absolute atomic E-state index is 0.139. The lowest BCUT2D eigenvalue weighted by Crippen LogP contribution is -2.45. The Kier molecular flexibility index (Phi) is 5.00. The standard InChI is InChI=1S/C15H17ClN2O5/c1-4-23-14(20)12-7(2)17-15(21)18-13(12)8-5-11(22-3)10(19)6-9(8)16/h5-6,13,19H,4H2,1-3H3,(H2,17,18,21). The van der Waals surface area contributed by atoms with E-state index in [1.165, 1.54) is 19.2 Å². The lowest BCUT2D eigenvalue weighted by Gasteiger charge is -2.28. The van der Waals surface area contributed by atoms with Crippen LogP contribution in [0.25, 0.3) is 0 Å². The molecule has 0 spiro atoms. The van der Waals surface area contributed by atoms with Crippen molar-refractivity contribution in [3.8, 4) is 11.5 Å². The van der Waals surface area contributed by atoms with Crippen molar-refractivity contribution in [1.29, 1.82) is 0 Å². The maximum Gasteiger partial charge on any atom is 0.338 e. The van der Waals surface area contributed by atoms with Crippen molar-refractivity contribution < 1.29 is 24.2 Å². The lowest BCUT2D eigenvalue weighted by molar-refractivity contribution is -0.139. The van der Waals surface area contributed by atoms with E-state index in [4.69, 9.17) is 21.1 Å². The molecule has 2 rings (SSSR count). The van der Waals surface area contributed by atoms with E-state index in [-0.39, 0.29) is 28.7 Å².